The minimum absolute atomic E-state index is 0.0814. The number of nitrogen functional groups attached to an aromatic ring is 1. The highest BCUT2D eigenvalue weighted by atomic mass is 16.6. The van der Waals surface area contributed by atoms with Crippen LogP contribution in [-0.2, 0) is 0 Å². The number of fused-ring (bicyclic) bond motifs is 1. The quantitative estimate of drug-likeness (QED) is 0.576. The Morgan fingerprint density at radius 1 is 1.13 bits per heavy atom. The minimum atomic E-state index is -0.558. The summed E-state index contributed by atoms with van der Waals surface area (Å²) in [6.07, 6.45) is 0. The smallest absolute Gasteiger partial charge is 0.275 e. The Labute approximate surface area is 130 Å². The van der Waals surface area contributed by atoms with E-state index in [1.54, 1.807) is 24.3 Å². The van der Waals surface area contributed by atoms with E-state index in [2.05, 4.69) is 0 Å². The Balaban J connectivity index is 2.39. The number of nitro benzene ring substituents is 1. The van der Waals surface area contributed by atoms with Gasteiger partial charge in [-0.05, 0) is 18.2 Å². The van der Waals surface area contributed by atoms with E-state index < -0.39 is 10.5 Å². The molecule has 0 bridgehead atoms. The number of hydrogen-bond acceptors (Lipinski definition) is 5. The maximum atomic E-state index is 12.6. The van der Waals surface area contributed by atoms with Crippen LogP contribution in [0.15, 0.2) is 53.3 Å². The third kappa shape index (κ3) is 2.18. The van der Waals surface area contributed by atoms with Crippen molar-refractivity contribution in [3.8, 4) is 11.8 Å². The average Bonchev–Trinajstić information content (AvgIpc) is 2.56. The van der Waals surface area contributed by atoms with Gasteiger partial charge in [0.2, 0.25) is 0 Å². The maximum Gasteiger partial charge on any atom is 0.275 e. The lowest BCUT2D eigenvalue weighted by atomic mass is 10.1. The van der Waals surface area contributed by atoms with Gasteiger partial charge in [-0.25, -0.2) is 0 Å². The number of rotatable bonds is 2. The molecular weight excluding hydrogens is 296 g/mol. The standard InChI is InChI=1S/C16H10N4O3/c17-9-13-15(18)12-3-1-2-4-14(12)19(16(13)21)10-5-7-11(8-6-10)20(22)23/h1-8H,18H2. The number of anilines is 1. The van der Waals surface area contributed by atoms with Crippen molar-refractivity contribution in [3.05, 3.63) is 74.6 Å². The molecule has 23 heavy (non-hydrogen) atoms. The molecule has 2 aromatic carbocycles. The number of nitriles is 1. The zero-order valence-corrected chi connectivity index (χ0v) is 11.8. The van der Waals surface area contributed by atoms with E-state index in [-0.39, 0.29) is 16.9 Å². The molecule has 0 atom stereocenters. The predicted octanol–water partition coefficient (Wildman–Crippen LogP) is 2.35. The van der Waals surface area contributed by atoms with Crippen LogP contribution in [0.5, 0.6) is 0 Å². The summed E-state index contributed by atoms with van der Waals surface area (Å²) in [7, 11) is 0. The Bertz CT molecular complexity index is 1030. The average molecular weight is 306 g/mol. The summed E-state index contributed by atoms with van der Waals surface area (Å²) >= 11 is 0. The number of nitrogens with two attached hydrogens (primary N) is 1. The highest BCUT2D eigenvalue weighted by molar-refractivity contribution is 5.93. The van der Waals surface area contributed by atoms with Gasteiger partial charge in [-0.1, -0.05) is 18.2 Å². The van der Waals surface area contributed by atoms with Crippen molar-refractivity contribution in [1.29, 1.82) is 5.26 Å². The zero-order valence-electron chi connectivity index (χ0n) is 11.8. The third-order valence-electron chi connectivity index (χ3n) is 3.55. The number of pyridine rings is 1. The van der Waals surface area contributed by atoms with Gasteiger partial charge in [0.25, 0.3) is 11.2 Å². The second-order valence-electron chi connectivity index (χ2n) is 4.83. The predicted molar refractivity (Wildman–Crippen MR) is 85.3 cm³/mol. The van der Waals surface area contributed by atoms with E-state index >= 15 is 0 Å². The van der Waals surface area contributed by atoms with Crippen molar-refractivity contribution < 1.29 is 4.92 Å². The maximum absolute atomic E-state index is 12.6. The molecule has 0 unspecified atom stereocenters. The van der Waals surface area contributed by atoms with Crippen LogP contribution in [0.2, 0.25) is 0 Å². The number of benzene rings is 2. The van der Waals surface area contributed by atoms with Crippen LogP contribution < -0.4 is 11.3 Å². The van der Waals surface area contributed by atoms with Gasteiger partial charge in [0.15, 0.2) is 0 Å². The van der Waals surface area contributed by atoms with E-state index in [1.165, 1.54) is 28.8 Å². The molecule has 1 heterocycles. The van der Waals surface area contributed by atoms with Crippen LogP contribution in [-0.4, -0.2) is 9.49 Å². The molecular formula is C16H10N4O3. The second kappa shape index (κ2) is 5.27. The third-order valence-corrected chi connectivity index (χ3v) is 3.55. The molecule has 0 saturated carbocycles. The van der Waals surface area contributed by atoms with E-state index in [0.717, 1.165) is 0 Å². The van der Waals surface area contributed by atoms with Crippen LogP contribution in [0.3, 0.4) is 0 Å². The van der Waals surface area contributed by atoms with Crippen LogP contribution in [0.1, 0.15) is 5.56 Å². The molecule has 0 spiro atoms. The molecule has 0 fully saturated rings. The van der Waals surface area contributed by atoms with Gasteiger partial charge in [0.1, 0.15) is 11.6 Å². The van der Waals surface area contributed by atoms with Crippen LogP contribution in [0.25, 0.3) is 16.6 Å². The minimum Gasteiger partial charge on any atom is -0.397 e. The molecule has 0 radical (unpaired) electrons. The van der Waals surface area contributed by atoms with E-state index in [9.17, 15) is 20.2 Å². The molecule has 3 aromatic rings. The summed E-state index contributed by atoms with van der Waals surface area (Å²) in [6, 6.07) is 14.3. The highest BCUT2D eigenvalue weighted by Crippen LogP contribution is 2.25. The van der Waals surface area contributed by atoms with Crippen molar-refractivity contribution in [1.82, 2.24) is 4.57 Å². The summed E-state index contributed by atoms with van der Waals surface area (Å²) in [4.78, 5) is 22.8. The second-order valence-corrected chi connectivity index (χ2v) is 4.83. The summed E-state index contributed by atoms with van der Waals surface area (Å²) in [5.74, 6) is 0. The number of nitro groups is 1. The van der Waals surface area contributed by atoms with E-state index in [0.29, 0.717) is 16.6 Å². The lowest BCUT2D eigenvalue weighted by Crippen LogP contribution is -2.23. The zero-order chi connectivity index (χ0) is 16.6. The van der Waals surface area contributed by atoms with Gasteiger partial charge in [0.05, 0.1) is 16.1 Å². The SMILES string of the molecule is N#Cc1c(N)c2ccccc2n(-c2ccc([N+](=O)[O-])cc2)c1=O. The van der Waals surface area contributed by atoms with E-state index in [1.807, 2.05) is 6.07 Å². The fourth-order valence-electron chi connectivity index (χ4n) is 2.46. The number of hydrogen-bond donors (Lipinski definition) is 1. The lowest BCUT2D eigenvalue weighted by Gasteiger charge is -2.13. The summed E-state index contributed by atoms with van der Waals surface area (Å²) in [6.45, 7) is 0. The van der Waals surface area contributed by atoms with Gasteiger partial charge < -0.3 is 5.73 Å². The first kappa shape index (κ1) is 14.3. The van der Waals surface area contributed by atoms with Gasteiger partial charge in [-0.3, -0.25) is 19.5 Å². The Morgan fingerprint density at radius 3 is 2.39 bits per heavy atom. The number of aromatic nitrogens is 1. The number of para-hydroxylation sites is 1. The molecule has 7 nitrogen and oxygen atoms in total. The number of nitrogens with zero attached hydrogens (tertiary/aromatic N) is 3. The number of non-ortho nitro benzene ring substituents is 1. The molecule has 112 valence electrons. The largest absolute Gasteiger partial charge is 0.397 e. The topological polar surface area (TPSA) is 115 Å². The van der Waals surface area contributed by atoms with Gasteiger partial charge in [-0.2, -0.15) is 5.26 Å². The van der Waals surface area contributed by atoms with Crippen LogP contribution in [0.4, 0.5) is 11.4 Å². The van der Waals surface area contributed by atoms with Gasteiger partial charge in [0, 0.05) is 23.2 Å². The Morgan fingerprint density at radius 2 is 1.78 bits per heavy atom. The van der Waals surface area contributed by atoms with Gasteiger partial charge >= 0.3 is 0 Å². The Kier molecular flexibility index (Phi) is 3.27. The van der Waals surface area contributed by atoms with Crippen molar-refractivity contribution in [3.63, 3.8) is 0 Å². The molecule has 0 aliphatic heterocycles. The normalized spacial score (nSPS) is 10.4. The molecule has 0 aliphatic carbocycles. The molecule has 0 saturated heterocycles. The van der Waals surface area contributed by atoms with Gasteiger partial charge in [-0.15, -0.1) is 0 Å². The molecule has 1 aromatic heterocycles. The summed E-state index contributed by atoms with van der Waals surface area (Å²) in [5, 5.41) is 20.5. The van der Waals surface area contributed by atoms with Crippen molar-refractivity contribution in [2.75, 3.05) is 5.73 Å². The highest BCUT2D eigenvalue weighted by Gasteiger charge is 2.16. The monoisotopic (exact) mass is 306 g/mol. The van der Waals surface area contributed by atoms with Crippen molar-refractivity contribution >= 4 is 22.3 Å². The first-order valence-electron chi connectivity index (χ1n) is 6.62. The Hall–Kier alpha value is -3.66. The first-order valence-corrected chi connectivity index (χ1v) is 6.62. The van der Waals surface area contributed by atoms with Crippen molar-refractivity contribution in [2.45, 2.75) is 0 Å². The lowest BCUT2D eigenvalue weighted by molar-refractivity contribution is -0.384. The first-order chi connectivity index (χ1) is 11.0. The molecule has 0 amide bonds. The fourth-order valence-corrected chi connectivity index (χ4v) is 2.46. The van der Waals surface area contributed by atoms with Crippen LogP contribution >= 0.6 is 0 Å². The molecule has 3 rings (SSSR count). The summed E-state index contributed by atoms with van der Waals surface area (Å²) < 4.78 is 1.33. The molecule has 7 heteroatoms. The molecule has 2 N–H and O–H groups in total. The fraction of sp³-hybridized carbons (Fsp3) is 0. The van der Waals surface area contributed by atoms with Crippen LogP contribution in [0, 0.1) is 21.4 Å². The van der Waals surface area contributed by atoms with Crippen molar-refractivity contribution in [2.24, 2.45) is 0 Å². The molecule has 0 aliphatic rings. The van der Waals surface area contributed by atoms with E-state index in [4.69, 9.17) is 5.73 Å². The summed E-state index contributed by atoms with van der Waals surface area (Å²) in [5.41, 5.74) is 6.21.